The van der Waals surface area contributed by atoms with Gasteiger partial charge in [0.25, 0.3) is 0 Å². The Hall–Kier alpha value is -0.840. The minimum atomic E-state index is -0.166. The van der Waals surface area contributed by atoms with Crippen LogP contribution in [0, 0.1) is 12.7 Å². The molecule has 0 aliphatic carbocycles. The van der Waals surface area contributed by atoms with Gasteiger partial charge in [0.15, 0.2) is 0 Å². The lowest BCUT2D eigenvalue weighted by atomic mass is 10.1. The number of halogens is 2. The summed E-state index contributed by atoms with van der Waals surface area (Å²) in [5.74, 6) is 0.702. The van der Waals surface area contributed by atoms with Crippen molar-refractivity contribution in [3.8, 4) is 0 Å². The Morgan fingerprint density at radius 3 is 2.71 bits per heavy atom. The third kappa shape index (κ3) is 5.13. The van der Waals surface area contributed by atoms with E-state index in [0.29, 0.717) is 0 Å². The van der Waals surface area contributed by atoms with E-state index in [2.05, 4.69) is 46.4 Å². The van der Waals surface area contributed by atoms with Gasteiger partial charge in [0.1, 0.15) is 5.82 Å². The van der Waals surface area contributed by atoms with Gasteiger partial charge in [0.05, 0.1) is 0 Å². The molecule has 2 rings (SSSR count). The lowest BCUT2D eigenvalue weighted by Crippen LogP contribution is -2.23. The zero-order valence-corrected chi connectivity index (χ0v) is 14.6. The second kappa shape index (κ2) is 7.97. The molecule has 0 heterocycles. The Morgan fingerprint density at radius 1 is 1.24 bits per heavy atom. The molecule has 112 valence electrons. The van der Waals surface area contributed by atoms with Gasteiger partial charge in [-0.05, 0) is 54.9 Å². The fourth-order valence-corrected chi connectivity index (χ4v) is 3.83. The Kier molecular flexibility index (Phi) is 6.27. The SMILES string of the molecule is CCNC(CSc1cccc(Br)c1)c1cc(C)cc(F)c1. The Labute approximate surface area is 138 Å². The average Bonchev–Trinajstić information content (AvgIpc) is 2.42. The number of thioether (sulfide) groups is 1. The van der Waals surface area contributed by atoms with Crippen molar-refractivity contribution in [3.63, 3.8) is 0 Å². The first-order valence-corrected chi connectivity index (χ1v) is 8.75. The quantitative estimate of drug-likeness (QED) is 0.691. The number of nitrogens with one attached hydrogen (secondary N) is 1. The molecule has 1 unspecified atom stereocenters. The molecule has 1 atom stereocenters. The highest BCUT2D eigenvalue weighted by Crippen LogP contribution is 2.27. The summed E-state index contributed by atoms with van der Waals surface area (Å²) < 4.78 is 14.7. The third-order valence-corrected chi connectivity index (χ3v) is 4.71. The molecule has 0 spiro atoms. The first kappa shape index (κ1) is 16.5. The molecule has 0 aliphatic heterocycles. The number of benzene rings is 2. The van der Waals surface area contributed by atoms with Crippen LogP contribution in [0.1, 0.15) is 24.1 Å². The molecule has 4 heteroatoms. The largest absolute Gasteiger partial charge is 0.309 e. The summed E-state index contributed by atoms with van der Waals surface area (Å²) in [7, 11) is 0. The number of rotatable bonds is 6. The summed E-state index contributed by atoms with van der Waals surface area (Å²) in [5.41, 5.74) is 1.97. The summed E-state index contributed by atoms with van der Waals surface area (Å²) in [6.07, 6.45) is 0. The molecular weight excluding hydrogens is 349 g/mol. The zero-order chi connectivity index (χ0) is 15.2. The minimum absolute atomic E-state index is 0.147. The maximum Gasteiger partial charge on any atom is 0.123 e. The highest BCUT2D eigenvalue weighted by molar-refractivity contribution is 9.10. The van der Waals surface area contributed by atoms with Gasteiger partial charge in [0.2, 0.25) is 0 Å². The lowest BCUT2D eigenvalue weighted by Gasteiger charge is -2.19. The predicted octanol–water partition coefficient (Wildman–Crippen LogP) is 5.34. The van der Waals surface area contributed by atoms with Crippen LogP contribution in [0.25, 0.3) is 0 Å². The predicted molar refractivity (Wildman–Crippen MR) is 92.4 cm³/mol. The van der Waals surface area contributed by atoms with Gasteiger partial charge >= 0.3 is 0 Å². The van der Waals surface area contributed by atoms with Gasteiger partial charge in [0, 0.05) is 21.2 Å². The van der Waals surface area contributed by atoms with Gasteiger partial charge < -0.3 is 5.32 Å². The van der Waals surface area contributed by atoms with Crippen molar-refractivity contribution in [2.75, 3.05) is 12.3 Å². The van der Waals surface area contributed by atoms with E-state index in [1.807, 2.05) is 19.1 Å². The number of hydrogen-bond donors (Lipinski definition) is 1. The molecule has 0 aromatic heterocycles. The van der Waals surface area contributed by atoms with Crippen LogP contribution in [-0.4, -0.2) is 12.3 Å². The van der Waals surface area contributed by atoms with Crippen molar-refractivity contribution in [1.29, 1.82) is 0 Å². The third-order valence-electron chi connectivity index (χ3n) is 3.13. The molecule has 0 amide bonds. The fraction of sp³-hybridized carbons (Fsp3) is 0.294. The van der Waals surface area contributed by atoms with Crippen molar-refractivity contribution in [1.82, 2.24) is 5.32 Å². The molecular formula is C17H19BrFNS. The van der Waals surface area contributed by atoms with Crippen LogP contribution in [0.15, 0.2) is 51.8 Å². The van der Waals surface area contributed by atoms with E-state index >= 15 is 0 Å². The van der Waals surface area contributed by atoms with Gasteiger partial charge in [-0.2, -0.15) is 0 Å². The van der Waals surface area contributed by atoms with Crippen LogP contribution in [0.2, 0.25) is 0 Å². The maximum absolute atomic E-state index is 13.6. The van der Waals surface area contributed by atoms with Gasteiger partial charge in [-0.25, -0.2) is 4.39 Å². The van der Waals surface area contributed by atoms with Crippen LogP contribution < -0.4 is 5.32 Å². The number of hydrogen-bond acceptors (Lipinski definition) is 2. The lowest BCUT2D eigenvalue weighted by molar-refractivity contribution is 0.587. The molecule has 21 heavy (non-hydrogen) atoms. The second-order valence-corrected chi connectivity index (χ2v) is 6.95. The van der Waals surface area contributed by atoms with Crippen molar-refractivity contribution in [3.05, 3.63) is 63.9 Å². The maximum atomic E-state index is 13.6. The van der Waals surface area contributed by atoms with Crippen molar-refractivity contribution in [2.45, 2.75) is 24.8 Å². The summed E-state index contributed by atoms with van der Waals surface area (Å²) in [6.45, 7) is 4.86. The molecule has 0 bridgehead atoms. The summed E-state index contributed by atoms with van der Waals surface area (Å²) in [4.78, 5) is 1.21. The van der Waals surface area contributed by atoms with E-state index in [0.717, 1.165) is 27.9 Å². The van der Waals surface area contributed by atoms with Crippen LogP contribution in [0.3, 0.4) is 0 Å². The highest BCUT2D eigenvalue weighted by Gasteiger charge is 2.12. The van der Waals surface area contributed by atoms with E-state index in [1.54, 1.807) is 23.9 Å². The average molecular weight is 368 g/mol. The standard InChI is InChI=1S/C17H19BrFNS/c1-3-20-17(13-7-12(2)8-15(19)9-13)11-21-16-6-4-5-14(18)10-16/h4-10,17,20H,3,11H2,1-2H3. The topological polar surface area (TPSA) is 12.0 Å². The molecule has 0 saturated heterocycles. The van der Waals surface area contributed by atoms with Gasteiger partial charge in [-0.1, -0.05) is 35.0 Å². The van der Waals surface area contributed by atoms with E-state index in [9.17, 15) is 4.39 Å². The van der Waals surface area contributed by atoms with Crippen molar-refractivity contribution >= 4 is 27.7 Å². The van der Waals surface area contributed by atoms with Crippen LogP contribution in [0.5, 0.6) is 0 Å². The normalized spacial score (nSPS) is 12.4. The number of aryl methyl sites for hydroxylation is 1. The fourth-order valence-electron chi connectivity index (χ4n) is 2.22. The van der Waals surface area contributed by atoms with Crippen LogP contribution in [-0.2, 0) is 0 Å². The Bertz CT molecular complexity index is 583. The molecule has 0 aliphatic rings. The molecule has 1 nitrogen and oxygen atoms in total. The van der Waals surface area contributed by atoms with E-state index < -0.39 is 0 Å². The zero-order valence-electron chi connectivity index (χ0n) is 12.2. The molecule has 0 saturated carbocycles. The molecule has 1 N–H and O–H groups in total. The molecule has 0 fully saturated rings. The molecule has 2 aromatic carbocycles. The van der Waals surface area contributed by atoms with Crippen LogP contribution >= 0.6 is 27.7 Å². The van der Waals surface area contributed by atoms with Gasteiger partial charge in [-0.3, -0.25) is 0 Å². The van der Waals surface area contributed by atoms with E-state index in [-0.39, 0.29) is 11.9 Å². The van der Waals surface area contributed by atoms with Crippen molar-refractivity contribution in [2.24, 2.45) is 0 Å². The first-order chi connectivity index (χ1) is 10.1. The monoisotopic (exact) mass is 367 g/mol. The minimum Gasteiger partial charge on any atom is -0.309 e. The van der Waals surface area contributed by atoms with Crippen molar-refractivity contribution < 1.29 is 4.39 Å². The Balaban J connectivity index is 2.11. The van der Waals surface area contributed by atoms with Crippen LogP contribution in [0.4, 0.5) is 4.39 Å². The Morgan fingerprint density at radius 2 is 2.05 bits per heavy atom. The smallest absolute Gasteiger partial charge is 0.123 e. The molecule has 2 aromatic rings. The van der Waals surface area contributed by atoms with Gasteiger partial charge in [-0.15, -0.1) is 11.8 Å². The molecule has 0 radical (unpaired) electrons. The first-order valence-electron chi connectivity index (χ1n) is 6.97. The summed E-state index contributed by atoms with van der Waals surface area (Å²) >= 11 is 5.26. The van der Waals surface area contributed by atoms with E-state index in [4.69, 9.17) is 0 Å². The highest BCUT2D eigenvalue weighted by atomic mass is 79.9. The second-order valence-electron chi connectivity index (χ2n) is 4.94. The summed E-state index contributed by atoms with van der Waals surface area (Å²) in [6, 6.07) is 13.6. The summed E-state index contributed by atoms with van der Waals surface area (Å²) in [5, 5.41) is 3.44. The van der Waals surface area contributed by atoms with E-state index in [1.165, 1.54) is 4.90 Å².